The van der Waals surface area contributed by atoms with Crippen molar-refractivity contribution in [2.24, 2.45) is 0 Å². The number of nitrogens with one attached hydrogen (secondary N) is 1. The van der Waals surface area contributed by atoms with Crippen LogP contribution in [0.5, 0.6) is 0 Å². The van der Waals surface area contributed by atoms with Gasteiger partial charge in [-0.2, -0.15) is 0 Å². The van der Waals surface area contributed by atoms with E-state index >= 15 is 0 Å². The highest BCUT2D eigenvalue weighted by molar-refractivity contribution is 5.76. The lowest BCUT2D eigenvalue weighted by molar-refractivity contribution is -0.142. The van der Waals surface area contributed by atoms with Crippen LogP contribution in [0.2, 0.25) is 0 Å². The molecule has 0 bridgehead atoms. The topological polar surface area (TPSA) is 56.8 Å². The second-order valence-corrected chi connectivity index (χ2v) is 2.14. The molecule has 0 aromatic carbocycles. The molecule has 0 aliphatic carbocycles. The van der Waals surface area contributed by atoms with Crippen LogP contribution in [0, 0.1) is 0 Å². The van der Waals surface area contributed by atoms with E-state index in [1.54, 1.807) is 0 Å². The van der Waals surface area contributed by atoms with Crippen molar-refractivity contribution in [2.45, 2.75) is 12.5 Å². The highest BCUT2D eigenvalue weighted by atomic mass is 16.7. The van der Waals surface area contributed by atoms with Crippen molar-refractivity contribution < 1.29 is 19.0 Å². The molecule has 1 aliphatic rings. The second kappa shape index (κ2) is 3.66. The Morgan fingerprint density at radius 1 is 1.64 bits per heavy atom. The van der Waals surface area contributed by atoms with Gasteiger partial charge in [-0.15, -0.1) is 0 Å². The predicted molar refractivity (Wildman–Crippen MR) is 35.7 cm³/mol. The Morgan fingerprint density at radius 3 is 2.82 bits per heavy atom. The maximum Gasteiger partial charge on any atom is 0.325 e. The minimum atomic E-state index is -0.487. The molecule has 64 valence electrons. The minimum Gasteiger partial charge on any atom is -0.468 e. The maximum atomic E-state index is 10.9. The van der Waals surface area contributed by atoms with Crippen LogP contribution >= 0.6 is 0 Å². The number of ether oxygens (including phenoxy) is 3. The first-order valence-corrected chi connectivity index (χ1v) is 3.26. The van der Waals surface area contributed by atoms with Crippen LogP contribution in [0.1, 0.15) is 0 Å². The van der Waals surface area contributed by atoms with Crippen LogP contribution in [0.3, 0.4) is 0 Å². The summed E-state index contributed by atoms with van der Waals surface area (Å²) in [6.07, 6.45) is -0.487. The summed E-state index contributed by atoms with van der Waals surface area (Å²) in [5.41, 5.74) is 0. The fraction of sp³-hybridized carbons (Fsp3) is 0.833. The molecule has 5 heteroatoms. The highest BCUT2D eigenvalue weighted by Gasteiger charge is 2.30. The summed E-state index contributed by atoms with van der Waals surface area (Å²) < 4.78 is 14.3. The fourth-order valence-electron chi connectivity index (χ4n) is 0.859. The van der Waals surface area contributed by atoms with Gasteiger partial charge in [0.05, 0.1) is 13.7 Å². The van der Waals surface area contributed by atoms with Gasteiger partial charge < -0.3 is 14.2 Å². The second-order valence-electron chi connectivity index (χ2n) is 2.14. The lowest BCUT2D eigenvalue weighted by Gasteiger charge is -2.07. The first kappa shape index (κ1) is 8.45. The molecule has 2 atom stereocenters. The van der Waals surface area contributed by atoms with E-state index in [0.717, 1.165) is 0 Å². The smallest absolute Gasteiger partial charge is 0.325 e. The number of hydrogen-bond acceptors (Lipinski definition) is 5. The van der Waals surface area contributed by atoms with Gasteiger partial charge in [0.2, 0.25) is 6.41 Å². The molecule has 1 aliphatic heterocycles. The number of methoxy groups -OCH3 is 2. The summed E-state index contributed by atoms with van der Waals surface area (Å²) in [6.45, 7) is 0.297. The van der Waals surface area contributed by atoms with E-state index in [9.17, 15) is 4.79 Å². The van der Waals surface area contributed by atoms with Crippen molar-refractivity contribution in [3.8, 4) is 0 Å². The van der Waals surface area contributed by atoms with Crippen LogP contribution in [-0.4, -0.2) is 39.3 Å². The van der Waals surface area contributed by atoms with E-state index < -0.39 is 12.5 Å². The van der Waals surface area contributed by atoms with Crippen molar-refractivity contribution in [1.29, 1.82) is 0 Å². The van der Waals surface area contributed by atoms with Crippen LogP contribution in [-0.2, 0) is 19.0 Å². The Hall–Kier alpha value is -0.650. The molecule has 11 heavy (non-hydrogen) atoms. The van der Waals surface area contributed by atoms with Gasteiger partial charge in [-0.25, -0.2) is 0 Å². The lowest BCUT2D eigenvalue weighted by Crippen LogP contribution is -2.38. The Labute approximate surface area is 64.6 Å². The third-order valence-electron chi connectivity index (χ3n) is 1.45. The zero-order valence-corrected chi connectivity index (χ0v) is 6.49. The zero-order valence-electron chi connectivity index (χ0n) is 6.49. The number of rotatable bonds is 2. The molecule has 1 rings (SSSR count). The third kappa shape index (κ3) is 1.89. The van der Waals surface area contributed by atoms with E-state index in [2.05, 4.69) is 10.1 Å². The largest absolute Gasteiger partial charge is 0.468 e. The van der Waals surface area contributed by atoms with Gasteiger partial charge in [-0.1, -0.05) is 0 Å². The molecule has 1 unspecified atom stereocenters. The minimum absolute atomic E-state index is 0.297. The van der Waals surface area contributed by atoms with Crippen LogP contribution in [0.4, 0.5) is 0 Å². The SMILES string of the molecule is COC(=O)C1CO[C@@H](OC)N1. The summed E-state index contributed by atoms with van der Waals surface area (Å²) >= 11 is 0. The monoisotopic (exact) mass is 161 g/mol. The van der Waals surface area contributed by atoms with Gasteiger partial charge in [0.25, 0.3) is 0 Å². The van der Waals surface area contributed by atoms with Gasteiger partial charge in [-0.3, -0.25) is 10.1 Å². The summed E-state index contributed by atoms with van der Waals surface area (Å²) in [4.78, 5) is 10.9. The molecule has 0 amide bonds. The Balaban J connectivity index is 2.35. The van der Waals surface area contributed by atoms with Gasteiger partial charge in [0.15, 0.2) is 0 Å². The number of esters is 1. The molecule has 0 spiro atoms. The zero-order chi connectivity index (χ0) is 8.27. The van der Waals surface area contributed by atoms with E-state index in [1.165, 1.54) is 14.2 Å². The summed E-state index contributed by atoms with van der Waals surface area (Å²) in [7, 11) is 2.83. The van der Waals surface area contributed by atoms with Crippen LogP contribution < -0.4 is 5.32 Å². The van der Waals surface area contributed by atoms with Crippen molar-refractivity contribution in [3.05, 3.63) is 0 Å². The van der Waals surface area contributed by atoms with Crippen molar-refractivity contribution in [3.63, 3.8) is 0 Å². The van der Waals surface area contributed by atoms with Gasteiger partial charge in [0, 0.05) is 7.11 Å². The number of hydrogen-bond donors (Lipinski definition) is 1. The Kier molecular flexibility index (Phi) is 2.81. The lowest BCUT2D eigenvalue weighted by atomic mass is 10.3. The fourth-order valence-corrected chi connectivity index (χ4v) is 0.859. The third-order valence-corrected chi connectivity index (χ3v) is 1.45. The Morgan fingerprint density at radius 2 is 2.36 bits per heavy atom. The standard InChI is InChI=1S/C6H11NO4/c1-9-5(8)4-3-11-6(7-4)10-2/h4,6-7H,3H2,1-2H3/t4?,6-/m1/s1. The molecule has 1 fully saturated rings. The summed E-state index contributed by atoms with van der Waals surface area (Å²) in [6, 6.07) is -0.398. The first-order chi connectivity index (χ1) is 5.27. The quantitative estimate of drug-likeness (QED) is 0.531. The molecule has 1 saturated heterocycles. The highest BCUT2D eigenvalue weighted by Crippen LogP contribution is 2.03. The van der Waals surface area contributed by atoms with Crippen LogP contribution in [0.15, 0.2) is 0 Å². The molecular formula is C6H11NO4. The molecule has 1 N–H and O–H groups in total. The number of carbonyl (C=O) groups excluding carboxylic acids is 1. The van der Waals surface area contributed by atoms with Crippen molar-refractivity contribution in [1.82, 2.24) is 5.32 Å². The van der Waals surface area contributed by atoms with Crippen LogP contribution in [0.25, 0.3) is 0 Å². The van der Waals surface area contributed by atoms with Crippen molar-refractivity contribution >= 4 is 5.97 Å². The van der Waals surface area contributed by atoms with E-state index in [-0.39, 0.29) is 5.97 Å². The predicted octanol–water partition coefficient (Wildman–Crippen LogP) is -0.922. The average molecular weight is 161 g/mol. The summed E-state index contributed by atoms with van der Waals surface area (Å²) in [5.74, 6) is -0.329. The van der Waals surface area contributed by atoms with E-state index in [1.807, 2.05) is 0 Å². The molecule has 0 aromatic rings. The van der Waals surface area contributed by atoms with E-state index in [0.29, 0.717) is 6.61 Å². The van der Waals surface area contributed by atoms with Gasteiger partial charge in [0.1, 0.15) is 6.04 Å². The number of carbonyl (C=O) groups is 1. The molecule has 0 radical (unpaired) electrons. The molecule has 0 aromatic heterocycles. The average Bonchev–Trinajstić information content (AvgIpc) is 2.50. The van der Waals surface area contributed by atoms with Crippen molar-refractivity contribution in [2.75, 3.05) is 20.8 Å². The Bertz CT molecular complexity index is 150. The maximum absolute atomic E-state index is 10.9. The first-order valence-electron chi connectivity index (χ1n) is 3.26. The molecule has 1 heterocycles. The van der Waals surface area contributed by atoms with Gasteiger partial charge in [-0.05, 0) is 0 Å². The molecule has 0 saturated carbocycles. The normalized spacial score (nSPS) is 30.4. The molecular weight excluding hydrogens is 150 g/mol. The summed E-state index contributed by atoms with van der Waals surface area (Å²) in [5, 5.41) is 2.77. The van der Waals surface area contributed by atoms with Gasteiger partial charge >= 0.3 is 5.97 Å². The molecule has 5 nitrogen and oxygen atoms in total. The van der Waals surface area contributed by atoms with E-state index in [4.69, 9.17) is 9.47 Å².